The summed E-state index contributed by atoms with van der Waals surface area (Å²) in [6.45, 7) is 15.6. The van der Waals surface area contributed by atoms with Crippen LogP contribution in [-0.2, 0) is 15.6 Å². The Balaban J connectivity index is 1.47. The van der Waals surface area contributed by atoms with Crippen LogP contribution in [0.2, 0.25) is 0 Å². The van der Waals surface area contributed by atoms with Crippen LogP contribution in [0.3, 0.4) is 0 Å². The van der Waals surface area contributed by atoms with E-state index in [9.17, 15) is 0 Å². The van der Waals surface area contributed by atoms with Crippen molar-refractivity contribution in [2.45, 2.75) is 51.4 Å². The minimum absolute atomic E-state index is 0.0925. The fourth-order valence-corrected chi connectivity index (χ4v) is 5.07. The van der Waals surface area contributed by atoms with Gasteiger partial charge in [-0.25, -0.2) is 4.98 Å². The Morgan fingerprint density at radius 3 is 2.34 bits per heavy atom. The summed E-state index contributed by atoms with van der Waals surface area (Å²) in [4.78, 5) is 9.88. The van der Waals surface area contributed by atoms with Gasteiger partial charge in [-0.05, 0) is 53.0 Å². The fourth-order valence-electron chi connectivity index (χ4n) is 5.07. The van der Waals surface area contributed by atoms with E-state index in [0.717, 1.165) is 44.2 Å². The lowest BCUT2D eigenvalue weighted by Crippen LogP contribution is -2.47. The Hall–Kier alpha value is -1.95. The molecule has 5 heteroatoms. The number of pyridine rings is 1. The Morgan fingerprint density at radius 1 is 0.906 bits per heavy atom. The van der Waals surface area contributed by atoms with Gasteiger partial charge in [-0.3, -0.25) is 4.90 Å². The summed E-state index contributed by atoms with van der Waals surface area (Å²) in [5.41, 5.74) is 5.69. The van der Waals surface area contributed by atoms with E-state index in [1.54, 1.807) is 0 Å². The topological polar surface area (TPSA) is 48.8 Å². The van der Waals surface area contributed by atoms with Gasteiger partial charge >= 0.3 is 0 Å². The van der Waals surface area contributed by atoms with E-state index < -0.39 is 0 Å². The van der Waals surface area contributed by atoms with Gasteiger partial charge in [0.2, 0.25) is 0 Å². The molecule has 174 valence electrons. The molecule has 1 N–H and O–H groups in total. The monoisotopic (exact) mass is 437 g/mol. The lowest BCUT2D eigenvalue weighted by Gasteiger charge is -2.42. The van der Waals surface area contributed by atoms with Gasteiger partial charge in [0.15, 0.2) is 0 Å². The second-order valence-electron chi connectivity index (χ2n) is 10.6. The Morgan fingerprint density at radius 2 is 1.62 bits per heavy atom. The first-order chi connectivity index (χ1) is 15.3. The molecule has 1 aliphatic heterocycles. The van der Waals surface area contributed by atoms with Gasteiger partial charge in [0.25, 0.3) is 0 Å². The van der Waals surface area contributed by atoms with Crippen LogP contribution >= 0.6 is 0 Å². The number of aliphatic hydroxyl groups excluding tert-OH is 1. The maximum absolute atomic E-state index is 8.82. The third-order valence-electron chi connectivity index (χ3n) is 7.37. The average Bonchev–Trinajstić information content (AvgIpc) is 2.80. The highest BCUT2D eigenvalue weighted by atomic mass is 16.5. The van der Waals surface area contributed by atoms with Crippen molar-refractivity contribution in [2.24, 2.45) is 0 Å². The van der Waals surface area contributed by atoms with Gasteiger partial charge in [0.1, 0.15) is 5.82 Å². The standard InChI is InChI=1S/C27H39N3O2/c1-26(2)10-11-27(3,4)23-20-21(8-9-22(23)26)24-6-5-7-25(28-24)30-14-12-29(13-15-30)16-18-32-19-17-31/h5-9,20,31H,10-19H2,1-4H3. The first-order valence-corrected chi connectivity index (χ1v) is 12.1. The van der Waals surface area contributed by atoms with Gasteiger partial charge in [-0.2, -0.15) is 0 Å². The predicted octanol–water partition coefficient (Wildman–Crippen LogP) is 4.23. The molecule has 0 saturated carbocycles. The van der Waals surface area contributed by atoms with Gasteiger partial charge < -0.3 is 14.7 Å². The van der Waals surface area contributed by atoms with Gasteiger partial charge in [0.05, 0.1) is 25.5 Å². The number of aliphatic hydroxyl groups is 1. The minimum Gasteiger partial charge on any atom is -0.394 e. The molecule has 2 aromatic rings. The predicted molar refractivity (Wildman–Crippen MR) is 132 cm³/mol. The molecule has 0 bridgehead atoms. The van der Waals surface area contributed by atoms with E-state index in [-0.39, 0.29) is 17.4 Å². The van der Waals surface area contributed by atoms with E-state index in [1.807, 2.05) is 0 Å². The molecule has 2 heterocycles. The molecule has 1 aromatic carbocycles. The summed E-state index contributed by atoms with van der Waals surface area (Å²) in [7, 11) is 0. The number of hydrogen-bond donors (Lipinski definition) is 1. The van der Waals surface area contributed by atoms with Crippen molar-refractivity contribution in [3.8, 4) is 11.3 Å². The highest BCUT2D eigenvalue weighted by Gasteiger charge is 2.37. The molecule has 4 rings (SSSR count). The van der Waals surface area contributed by atoms with Crippen molar-refractivity contribution in [3.63, 3.8) is 0 Å². The van der Waals surface area contributed by atoms with E-state index >= 15 is 0 Å². The lowest BCUT2D eigenvalue weighted by molar-refractivity contribution is 0.0724. The molecule has 0 atom stereocenters. The van der Waals surface area contributed by atoms with E-state index in [4.69, 9.17) is 14.8 Å². The summed E-state index contributed by atoms with van der Waals surface area (Å²) >= 11 is 0. The molecule has 1 fully saturated rings. The van der Waals surface area contributed by atoms with Crippen molar-refractivity contribution in [3.05, 3.63) is 47.5 Å². The summed E-state index contributed by atoms with van der Waals surface area (Å²) in [5, 5.41) is 8.82. The maximum atomic E-state index is 8.82. The summed E-state index contributed by atoms with van der Waals surface area (Å²) < 4.78 is 5.41. The first kappa shape index (κ1) is 23.2. The molecule has 0 spiro atoms. The number of ether oxygens (including phenoxy) is 1. The zero-order chi connectivity index (χ0) is 22.8. The van der Waals surface area contributed by atoms with Crippen molar-refractivity contribution in [1.29, 1.82) is 0 Å². The quantitative estimate of drug-likeness (QED) is 0.657. The van der Waals surface area contributed by atoms with Gasteiger partial charge in [0, 0.05) is 38.3 Å². The average molecular weight is 438 g/mol. The minimum atomic E-state index is 0.0925. The third kappa shape index (κ3) is 5.00. The highest BCUT2D eigenvalue weighted by Crippen LogP contribution is 2.46. The lowest BCUT2D eigenvalue weighted by atomic mass is 9.63. The van der Waals surface area contributed by atoms with Crippen LogP contribution in [0, 0.1) is 0 Å². The number of benzene rings is 1. The van der Waals surface area contributed by atoms with Crippen LogP contribution in [-0.4, -0.2) is 67.5 Å². The zero-order valence-electron chi connectivity index (χ0n) is 20.2. The summed E-state index contributed by atoms with van der Waals surface area (Å²) in [5.74, 6) is 1.07. The molecule has 0 radical (unpaired) electrons. The van der Waals surface area contributed by atoms with Crippen molar-refractivity contribution in [2.75, 3.05) is 57.4 Å². The van der Waals surface area contributed by atoms with E-state index in [0.29, 0.717) is 13.2 Å². The Bertz CT molecular complexity index is 917. The summed E-state index contributed by atoms with van der Waals surface area (Å²) in [6, 6.07) is 13.4. The largest absolute Gasteiger partial charge is 0.394 e. The fraction of sp³-hybridized carbons (Fsp3) is 0.593. The number of aromatic nitrogens is 1. The zero-order valence-corrected chi connectivity index (χ0v) is 20.2. The molecular formula is C27H39N3O2. The second-order valence-corrected chi connectivity index (χ2v) is 10.6. The smallest absolute Gasteiger partial charge is 0.129 e. The number of hydrogen-bond acceptors (Lipinski definition) is 5. The third-order valence-corrected chi connectivity index (χ3v) is 7.37. The Kier molecular flexibility index (Phi) is 6.89. The summed E-state index contributed by atoms with van der Waals surface area (Å²) in [6.07, 6.45) is 2.46. The highest BCUT2D eigenvalue weighted by molar-refractivity contribution is 5.65. The van der Waals surface area contributed by atoms with Crippen molar-refractivity contribution >= 4 is 5.82 Å². The van der Waals surface area contributed by atoms with Crippen molar-refractivity contribution in [1.82, 2.24) is 9.88 Å². The second kappa shape index (κ2) is 9.50. The number of rotatable bonds is 7. The molecule has 1 aliphatic carbocycles. The molecule has 1 saturated heterocycles. The van der Waals surface area contributed by atoms with Crippen LogP contribution in [0.5, 0.6) is 0 Å². The van der Waals surface area contributed by atoms with E-state index in [2.05, 4.69) is 73.9 Å². The number of fused-ring (bicyclic) bond motifs is 1. The van der Waals surface area contributed by atoms with Crippen LogP contribution < -0.4 is 4.90 Å². The molecule has 0 amide bonds. The number of anilines is 1. The molecule has 32 heavy (non-hydrogen) atoms. The van der Waals surface area contributed by atoms with Gasteiger partial charge in [-0.15, -0.1) is 0 Å². The van der Waals surface area contributed by atoms with E-state index in [1.165, 1.54) is 29.5 Å². The first-order valence-electron chi connectivity index (χ1n) is 12.1. The maximum Gasteiger partial charge on any atom is 0.129 e. The van der Waals surface area contributed by atoms with Gasteiger partial charge in [-0.1, -0.05) is 45.9 Å². The number of piperazine rings is 1. The Labute approximate surface area is 193 Å². The van der Waals surface area contributed by atoms with Crippen LogP contribution in [0.1, 0.15) is 51.7 Å². The van der Waals surface area contributed by atoms with Crippen LogP contribution in [0.25, 0.3) is 11.3 Å². The molecule has 1 aromatic heterocycles. The van der Waals surface area contributed by atoms with Crippen molar-refractivity contribution < 1.29 is 9.84 Å². The molecule has 5 nitrogen and oxygen atoms in total. The SMILES string of the molecule is CC1(C)CCC(C)(C)c2cc(-c3cccc(N4CCN(CCOCCO)CC4)n3)ccc21. The number of nitrogens with zero attached hydrogens (tertiary/aromatic N) is 3. The van der Waals surface area contributed by atoms with Crippen LogP contribution in [0.15, 0.2) is 36.4 Å². The normalized spacial score (nSPS) is 20.2. The molecule has 0 unspecified atom stereocenters. The van der Waals surface area contributed by atoms with Crippen LogP contribution in [0.4, 0.5) is 5.82 Å². The molecular weight excluding hydrogens is 398 g/mol. The molecule has 2 aliphatic rings.